The third-order valence-corrected chi connectivity index (χ3v) is 4.02. The van der Waals surface area contributed by atoms with E-state index < -0.39 is 5.76 Å². The normalized spacial score (nSPS) is 10.6. The van der Waals surface area contributed by atoms with Gasteiger partial charge in [-0.1, -0.05) is 60.6 Å². The fourth-order valence-electron chi connectivity index (χ4n) is 2.73. The number of nitrogens with zero attached hydrogens (tertiary/aromatic N) is 2. The molecule has 0 unspecified atom stereocenters. The molecular formula is C19H19N3O3. The molecule has 0 atom stereocenters. The van der Waals surface area contributed by atoms with Crippen molar-refractivity contribution in [2.75, 3.05) is 5.32 Å². The van der Waals surface area contributed by atoms with Gasteiger partial charge in [0.25, 0.3) is 0 Å². The molecule has 0 aliphatic heterocycles. The summed E-state index contributed by atoms with van der Waals surface area (Å²) >= 11 is 0. The van der Waals surface area contributed by atoms with Crippen molar-refractivity contribution in [1.82, 2.24) is 9.72 Å². The summed E-state index contributed by atoms with van der Waals surface area (Å²) in [5, 5.41) is 6.70. The van der Waals surface area contributed by atoms with Crippen LogP contribution in [-0.4, -0.2) is 15.6 Å². The number of carbonyl (C=O) groups is 1. The van der Waals surface area contributed by atoms with E-state index in [1.54, 1.807) is 0 Å². The molecule has 25 heavy (non-hydrogen) atoms. The number of nitrogens with one attached hydrogen (secondary N) is 1. The molecule has 3 aromatic rings. The Balaban J connectivity index is 1.86. The van der Waals surface area contributed by atoms with Crippen molar-refractivity contribution in [3.63, 3.8) is 0 Å². The second kappa shape index (κ2) is 7.17. The lowest BCUT2D eigenvalue weighted by Crippen LogP contribution is -2.26. The third kappa shape index (κ3) is 3.52. The van der Waals surface area contributed by atoms with Gasteiger partial charge in [0.15, 0.2) is 5.82 Å². The Morgan fingerprint density at radius 3 is 2.64 bits per heavy atom. The molecule has 3 rings (SSSR count). The molecule has 0 radical (unpaired) electrons. The molecule has 0 spiro atoms. The third-order valence-electron chi connectivity index (χ3n) is 4.02. The van der Waals surface area contributed by atoms with Crippen molar-refractivity contribution in [2.24, 2.45) is 0 Å². The summed E-state index contributed by atoms with van der Waals surface area (Å²) in [7, 11) is 0. The Kier molecular flexibility index (Phi) is 4.79. The minimum Gasteiger partial charge on any atom is -0.324 e. The van der Waals surface area contributed by atoms with Gasteiger partial charge in [0.2, 0.25) is 5.91 Å². The number of benzene rings is 2. The molecule has 0 aliphatic rings. The highest BCUT2D eigenvalue weighted by molar-refractivity contribution is 5.92. The van der Waals surface area contributed by atoms with Crippen LogP contribution >= 0.6 is 0 Å². The van der Waals surface area contributed by atoms with Crippen LogP contribution < -0.4 is 11.1 Å². The number of para-hydroxylation sites is 1. The van der Waals surface area contributed by atoms with Gasteiger partial charge in [0.1, 0.15) is 6.54 Å². The molecule has 1 aromatic heterocycles. The van der Waals surface area contributed by atoms with E-state index in [9.17, 15) is 9.59 Å². The Labute approximate surface area is 145 Å². The van der Waals surface area contributed by atoms with Crippen LogP contribution in [0, 0.1) is 6.92 Å². The molecule has 6 nitrogen and oxygen atoms in total. The highest BCUT2D eigenvalue weighted by Crippen LogP contribution is 2.21. The van der Waals surface area contributed by atoms with Crippen molar-refractivity contribution in [2.45, 2.75) is 26.8 Å². The maximum Gasteiger partial charge on any atom is 0.442 e. The van der Waals surface area contributed by atoms with E-state index in [0.29, 0.717) is 11.4 Å². The molecule has 2 aromatic carbocycles. The lowest BCUT2D eigenvalue weighted by molar-refractivity contribution is -0.116. The summed E-state index contributed by atoms with van der Waals surface area (Å²) in [6, 6.07) is 15.0. The quantitative estimate of drug-likeness (QED) is 0.776. The monoisotopic (exact) mass is 337 g/mol. The van der Waals surface area contributed by atoms with Gasteiger partial charge in [-0.2, -0.15) is 0 Å². The topological polar surface area (TPSA) is 77.1 Å². The van der Waals surface area contributed by atoms with Gasteiger partial charge in [0, 0.05) is 11.3 Å². The minimum atomic E-state index is -0.658. The standard InChI is InChI=1S/C19H19N3O3/c1-3-14-11-7-8-13(2)17(14)20-16(23)12-22-18(21-25-19(22)24)15-9-5-4-6-10-15/h4-11H,3,12H2,1-2H3,(H,20,23). The summed E-state index contributed by atoms with van der Waals surface area (Å²) in [4.78, 5) is 24.4. The second-order valence-electron chi connectivity index (χ2n) is 5.74. The Hall–Kier alpha value is -3.15. The number of hydrogen-bond acceptors (Lipinski definition) is 4. The first-order chi connectivity index (χ1) is 12.1. The average Bonchev–Trinajstić information content (AvgIpc) is 2.98. The zero-order valence-electron chi connectivity index (χ0n) is 14.2. The van der Waals surface area contributed by atoms with E-state index in [1.807, 2.05) is 62.4 Å². The molecule has 1 N–H and O–H groups in total. The molecule has 0 bridgehead atoms. The van der Waals surface area contributed by atoms with E-state index >= 15 is 0 Å². The van der Waals surface area contributed by atoms with Gasteiger partial charge in [-0.15, -0.1) is 0 Å². The second-order valence-corrected chi connectivity index (χ2v) is 5.74. The number of carbonyl (C=O) groups excluding carboxylic acids is 1. The van der Waals surface area contributed by atoms with Crippen LogP contribution in [0.2, 0.25) is 0 Å². The van der Waals surface area contributed by atoms with Gasteiger partial charge in [0.05, 0.1) is 0 Å². The van der Waals surface area contributed by atoms with Crippen LogP contribution in [0.15, 0.2) is 57.8 Å². The summed E-state index contributed by atoms with van der Waals surface area (Å²) in [6.07, 6.45) is 0.805. The Morgan fingerprint density at radius 2 is 1.92 bits per heavy atom. The Morgan fingerprint density at radius 1 is 1.16 bits per heavy atom. The van der Waals surface area contributed by atoms with Crippen LogP contribution in [0.4, 0.5) is 5.69 Å². The van der Waals surface area contributed by atoms with Crippen molar-refractivity contribution in [3.05, 3.63) is 70.2 Å². The fourth-order valence-corrected chi connectivity index (χ4v) is 2.73. The largest absolute Gasteiger partial charge is 0.442 e. The number of amides is 1. The zero-order valence-corrected chi connectivity index (χ0v) is 14.2. The summed E-state index contributed by atoms with van der Waals surface area (Å²) in [5.74, 6) is -0.623. The van der Waals surface area contributed by atoms with Crippen LogP contribution in [-0.2, 0) is 17.8 Å². The molecule has 1 amide bonds. The summed E-state index contributed by atoms with van der Waals surface area (Å²) in [6.45, 7) is 3.81. The maximum absolute atomic E-state index is 12.5. The first-order valence-electron chi connectivity index (χ1n) is 8.10. The van der Waals surface area contributed by atoms with Gasteiger partial charge in [-0.05, 0) is 24.5 Å². The van der Waals surface area contributed by atoms with Gasteiger partial charge >= 0.3 is 5.76 Å². The van der Waals surface area contributed by atoms with Crippen molar-refractivity contribution >= 4 is 11.6 Å². The van der Waals surface area contributed by atoms with E-state index in [0.717, 1.165) is 23.2 Å². The molecular weight excluding hydrogens is 318 g/mol. The van der Waals surface area contributed by atoms with Crippen molar-refractivity contribution < 1.29 is 9.32 Å². The highest BCUT2D eigenvalue weighted by atomic mass is 16.5. The van der Waals surface area contributed by atoms with E-state index in [2.05, 4.69) is 10.5 Å². The molecule has 6 heteroatoms. The predicted molar refractivity (Wildman–Crippen MR) is 95.4 cm³/mol. The Bertz CT molecular complexity index is 942. The lowest BCUT2D eigenvalue weighted by Gasteiger charge is -2.13. The number of aromatic nitrogens is 2. The van der Waals surface area contributed by atoms with Crippen LogP contribution in [0.5, 0.6) is 0 Å². The van der Waals surface area contributed by atoms with Gasteiger partial charge in [-0.25, -0.2) is 9.36 Å². The number of aryl methyl sites for hydroxylation is 2. The molecule has 0 fully saturated rings. The van der Waals surface area contributed by atoms with E-state index in [1.165, 1.54) is 4.57 Å². The minimum absolute atomic E-state index is 0.163. The number of anilines is 1. The summed E-state index contributed by atoms with van der Waals surface area (Å²) in [5.41, 5.74) is 3.54. The fraction of sp³-hybridized carbons (Fsp3) is 0.211. The molecule has 1 heterocycles. The number of rotatable bonds is 5. The van der Waals surface area contributed by atoms with Crippen LogP contribution in [0.25, 0.3) is 11.4 Å². The first-order valence-corrected chi connectivity index (χ1v) is 8.10. The van der Waals surface area contributed by atoms with Gasteiger partial charge in [-0.3, -0.25) is 9.32 Å². The summed E-state index contributed by atoms with van der Waals surface area (Å²) < 4.78 is 5.98. The lowest BCUT2D eigenvalue weighted by atomic mass is 10.1. The molecule has 0 saturated heterocycles. The van der Waals surface area contributed by atoms with Crippen molar-refractivity contribution in [3.8, 4) is 11.4 Å². The SMILES string of the molecule is CCc1cccc(C)c1NC(=O)Cn1c(-c2ccccc2)noc1=O. The first kappa shape index (κ1) is 16.7. The average molecular weight is 337 g/mol. The number of hydrogen-bond donors (Lipinski definition) is 1. The smallest absolute Gasteiger partial charge is 0.324 e. The highest BCUT2D eigenvalue weighted by Gasteiger charge is 2.16. The zero-order chi connectivity index (χ0) is 17.8. The van der Waals surface area contributed by atoms with Gasteiger partial charge < -0.3 is 5.32 Å². The van der Waals surface area contributed by atoms with Crippen molar-refractivity contribution in [1.29, 1.82) is 0 Å². The van der Waals surface area contributed by atoms with Crippen LogP contribution in [0.3, 0.4) is 0 Å². The van der Waals surface area contributed by atoms with E-state index in [4.69, 9.17) is 4.52 Å². The maximum atomic E-state index is 12.5. The molecule has 0 aliphatic carbocycles. The van der Waals surface area contributed by atoms with Crippen LogP contribution in [0.1, 0.15) is 18.1 Å². The molecule has 0 saturated carbocycles. The van der Waals surface area contributed by atoms with E-state index in [-0.39, 0.29) is 12.5 Å². The predicted octanol–water partition coefficient (Wildman–Crippen LogP) is 3.01. The molecule has 128 valence electrons.